The van der Waals surface area contributed by atoms with E-state index in [-0.39, 0.29) is 18.1 Å². The number of fused-ring (bicyclic) bond motifs is 1. The van der Waals surface area contributed by atoms with Gasteiger partial charge in [0.2, 0.25) is 0 Å². The third-order valence-corrected chi connectivity index (χ3v) is 4.43. The number of hydrogen-bond acceptors (Lipinski definition) is 3. The van der Waals surface area contributed by atoms with Gasteiger partial charge in [0, 0.05) is 19.3 Å². The topological polar surface area (TPSA) is 75.4 Å². The zero-order valence-corrected chi connectivity index (χ0v) is 12.8. The van der Waals surface area contributed by atoms with E-state index in [1.807, 2.05) is 0 Å². The van der Waals surface area contributed by atoms with Gasteiger partial charge in [-0.3, -0.25) is 14.3 Å². The Hall–Kier alpha value is -2.34. The molecule has 0 fully saturated rings. The number of hydrogen-bond donors (Lipinski definition) is 1. The first kappa shape index (κ1) is 14.6. The molecular formula is C15H14ClN3O3. The Kier molecular flexibility index (Phi) is 3.41. The number of carbonyl (C=O) groups is 2. The number of halogens is 1. The summed E-state index contributed by atoms with van der Waals surface area (Å²) in [7, 11) is 1.70. The average Bonchev–Trinajstić information content (AvgIpc) is 3.00. The fourth-order valence-corrected chi connectivity index (χ4v) is 2.90. The lowest BCUT2D eigenvalue weighted by molar-refractivity contribution is -0.138. The van der Waals surface area contributed by atoms with Crippen LogP contribution in [0.3, 0.4) is 0 Å². The molecule has 1 aromatic heterocycles. The number of anilines is 1. The van der Waals surface area contributed by atoms with Crippen LogP contribution in [-0.2, 0) is 11.8 Å². The van der Waals surface area contributed by atoms with Gasteiger partial charge in [0.15, 0.2) is 5.69 Å². The molecule has 1 unspecified atom stereocenters. The second-order valence-corrected chi connectivity index (χ2v) is 5.61. The number of benzene rings is 1. The minimum Gasteiger partial charge on any atom is -0.481 e. The quantitative estimate of drug-likeness (QED) is 0.921. The van der Waals surface area contributed by atoms with Crippen molar-refractivity contribution in [3.63, 3.8) is 0 Å². The molecule has 0 saturated carbocycles. The molecule has 7 heteroatoms. The van der Waals surface area contributed by atoms with Gasteiger partial charge < -0.3 is 10.0 Å². The van der Waals surface area contributed by atoms with Crippen LogP contribution in [-0.4, -0.2) is 33.3 Å². The summed E-state index contributed by atoms with van der Waals surface area (Å²) in [4.78, 5) is 25.6. The number of carbonyl (C=O) groups excluding carboxylic acids is 1. The molecular weight excluding hydrogens is 306 g/mol. The van der Waals surface area contributed by atoms with Crippen molar-refractivity contribution in [3.8, 4) is 0 Å². The number of aryl methyl sites for hydroxylation is 1. The van der Waals surface area contributed by atoms with Crippen LogP contribution in [0.15, 0.2) is 24.3 Å². The fourth-order valence-electron chi connectivity index (χ4n) is 2.66. The molecule has 2 aromatic rings. The SMILES string of the molecule is Cc1c(Cl)c(C(=O)N2CC(C(=O)O)c3ccccc32)nn1C. The molecule has 1 amide bonds. The number of amides is 1. The normalized spacial score (nSPS) is 16.7. The summed E-state index contributed by atoms with van der Waals surface area (Å²) in [5.41, 5.74) is 2.06. The Labute approximate surface area is 131 Å². The predicted octanol–water partition coefficient (Wildman–Crippen LogP) is 2.21. The fraction of sp³-hybridized carbons (Fsp3) is 0.267. The number of aromatic nitrogens is 2. The summed E-state index contributed by atoms with van der Waals surface area (Å²) in [6.45, 7) is 1.85. The van der Waals surface area contributed by atoms with Crippen LogP contribution < -0.4 is 4.90 Å². The standard InChI is InChI=1S/C15H14ClN3O3/c1-8-12(16)13(17-18(8)2)14(20)19-7-10(15(21)22)9-5-3-4-6-11(9)19/h3-6,10H,7H2,1-2H3,(H,21,22). The minimum atomic E-state index is -0.953. The number of carboxylic acid groups (broad SMARTS) is 1. The number of nitrogens with zero attached hydrogens (tertiary/aromatic N) is 3. The largest absolute Gasteiger partial charge is 0.481 e. The summed E-state index contributed by atoms with van der Waals surface area (Å²) in [5.74, 6) is -2.07. The summed E-state index contributed by atoms with van der Waals surface area (Å²) in [5, 5.41) is 13.8. The molecule has 22 heavy (non-hydrogen) atoms. The highest BCUT2D eigenvalue weighted by Crippen LogP contribution is 2.37. The smallest absolute Gasteiger partial charge is 0.312 e. The van der Waals surface area contributed by atoms with Crippen molar-refractivity contribution in [2.45, 2.75) is 12.8 Å². The van der Waals surface area contributed by atoms with Gasteiger partial charge in [-0.05, 0) is 18.6 Å². The maximum atomic E-state index is 12.7. The van der Waals surface area contributed by atoms with Crippen LogP contribution >= 0.6 is 11.6 Å². The van der Waals surface area contributed by atoms with Gasteiger partial charge in [-0.2, -0.15) is 5.10 Å². The van der Waals surface area contributed by atoms with Crippen molar-refractivity contribution < 1.29 is 14.7 Å². The zero-order chi connectivity index (χ0) is 16.0. The maximum Gasteiger partial charge on any atom is 0.312 e. The van der Waals surface area contributed by atoms with E-state index >= 15 is 0 Å². The maximum absolute atomic E-state index is 12.7. The predicted molar refractivity (Wildman–Crippen MR) is 81.5 cm³/mol. The van der Waals surface area contributed by atoms with Gasteiger partial charge in [-0.25, -0.2) is 0 Å². The summed E-state index contributed by atoms with van der Waals surface area (Å²) in [6, 6.07) is 7.00. The van der Waals surface area contributed by atoms with Crippen molar-refractivity contribution in [1.82, 2.24) is 9.78 Å². The lowest BCUT2D eigenvalue weighted by atomic mass is 10.0. The van der Waals surface area contributed by atoms with Gasteiger partial charge in [0.05, 0.1) is 10.7 Å². The Morgan fingerprint density at radius 3 is 2.64 bits per heavy atom. The number of aliphatic carboxylic acids is 1. The Bertz CT molecular complexity index is 784. The van der Waals surface area contributed by atoms with Crippen molar-refractivity contribution in [2.75, 3.05) is 11.4 Å². The highest BCUT2D eigenvalue weighted by atomic mass is 35.5. The molecule has 0 spiro atoms. The minimum absolute atomic E-state index is 0.0828. The van der Waals surface area contributed by atoms with Crippen molar-refractivity contribution >= 4 is 29.2 Å². The summed E-state index contributed by atoms with van der Waals surface area (Å²) >= 11 is 6.17. The van der Waals surface area contributed by atoms with Gasteiger partial charge >= 0.3 is 5.97 Å². The molecule has 1 aromatic carbocycles. The molecule has 2 heterocycles. The highest BCUT2D eigenvalue weighted by Gasteiger charge is 2.38. The van der Waals surface area contributed by atoms with Gasteiger partial charge in [0.1, 0.15) is 5.92 Å². The molecule has 1 atom stereocenters. The zero-order valence-electron chi connectivity index (χ0n) is 12.1. The number of carboxylic acids is 1. The molecule has 0 radical (unpaired) electrons. The molecule has 0 saturated heterocycles. The van der Waals surface area contributed by atoms with E-state index in [1.165, 1.54) is 9.58 Å². The third kappa shape index (κ3) is 2.07. The van der Waals surface area contributed by atoms with Gasteiger partial charge in [0.25, 0.3) is 5.91 Å². The first-order chi connectivity index (χ1) is 10.4. The van der Waals surface area contributed by atoms with E-state index in [9.17, 15) is 14.7 Å². The molecule has 1 aliphatic rings. The molecule has 6 nitrogen and oxygen atoms in total. The molecule has 0 aliphatic carbocycles. The first-order valence-corrected chi connectivity index (χ1v) is 7.12. The summed E-state index contributed by atoms with van der Waals surface area (Å²) < 4.78 is 1.53. The van der Waals surface area contributed by atoms with E-state index < -0.39 is 11.9 Å². The highest BCUT2D eigenvalue weighted by molar-refractivity contribution is 6.35. The van der Waals surface area contributed by atoms with E-state index in [2.05, 4.69) is 5.10 Å². The number of para-hydroxylation sites is 1. The van der Waals surface area contributed by atoms with Crippen molar-refractivity contribution in [2.24, 2.45) is 7.05 Å². The van der Waals surface area contributed by atoms with Gasteiger partial charge in [-0.15, -0.1) is 0 Å². The Balaban J connectivity index is 2.04. The van der Waals surface area contributed by atoms with E-state index in [0.29, 0.717) is 22.0 Å². The number of rotatable bonds is 2. The van der Waals surface area contributed by atoms with Crippen LogP contribution in [0.4, 0.5) is 5.69 Å². The second-order valence-electron chi connectivity index (χ2n) is 5.24. The van der Waals surface area contributed by atoms with Crippen LogP contribution in [0.2, 0.25) is 5.02 Å². The average molecular weight is 320 g/mol. The second kappa shape index (κ2) is 5.14. The van der Waals surface area contributed by atoms with Crippen LogP contribution in [0, 0.1) is 6.92 Å². The Morgan fingerprint density at radius 1 is 1.36 bits per heavy atom. The first-order valence-electron chi connectivity index (χ1n) is 6.74. The van der Waals surface area contributed by atoms with E-state index in [4.69, 9.17) is 11.6 Å². The van der Waals surface area contributed by atoms with Gasteiger partial charge in [-0.1, -0.05) is 29.8 Å². The molecule has 114 valence electrons. The van der Waals surface area contributed by atoms with Crippen LogP contribution in [0.1, 0.15) is 27.7 Å². The lowest BCUT2D eigenvalue weighted by Crippen LogP contribution is -2.31. The molecule has 3 rings (SSSR count). The lowest BCUT2D eigenvalue weighted by Gasteiger charge is -2.16. The summed E-state index contributed by atoms with van der Waals surface area (Å²) in [6.07, 6.45) is 0. The molecule has 0 bridgehead atoms. The third-order valence-electron chi connectivity index (χ3n) is 3.97. The van der Waals surface area contributed by atoms with Crippen molar-refractivity contribution in [1.29, 1.82) is 0 Å². The molecule has 1 N–H and O–H groups in total. The van der Waals surface area contributed by atoms with E-state index in [0.717, 1.165) is 0 Å². The van der Waals surface area contributed by atoms with Crippen molar-refractivity contribution in [3.05, 3.63) is 46.2 Å². The van der Waals surface area contributed by atoms with Crippen LogP contribution in [0.5, 0.6) is 0 Å². The monoisotopic (exact) mass is 319 g/mol. The Morgan fingerprint density at radius 2 is 2.05 bits per heavy atom. The van der Waals surface area contributed by atoms with E-state index in [1.54, 1.807) is 38.2 Å². The molecule has 1 aliphatic heterocycles. The van der Waals surface area contributed by atoms with Crippen LogP contribution in [0.25, 0.3) is 0 Å².